The summed E-state index contributed by atoms with van der Waals surface area (Å²) in [7, 11) is 0. The number of benzene rings is 1. The van der Waals surface area contributed by atoms with E-state index in [2.05, 4.69) is 30.8 Å². The van der Waals surface area contributed by atoms with Gasteiger partial charge < -0.3 is 14.8 Å². The second-order valence-corrected chi connectivity index (χ2v) is 6.83. The summed E-state index contributed by atoms with van der Waals surface area (Å²) in [6.45, 7) is 5.62. The van der Waals surface area contributed by atoms with E-state index in [0.29, 0.717) is 10.0 Å². The Bertz CT molecular complexity index is 884. The Hall–Kier alpha value is -1.98. The summed E-state index contributed by atoms with van der Waals surface area (Å²) in [5.74, 6) is 0.886. The van der Waals surface area contributed by atoms with Gasteiger partial charge in [0.15, 0.2) is 5.65 Å². The number of rotatable bonds is 2. The number of hydrogen-bond donors (Lipinski definition) is 1. The van der Waals surface area contributed by atoms with Crippen LogP contribution in [0.25, 0.3) is 11.2 Å². The van der Waals surface area contributed by atoms with Crippen molar-refractivity contribution in [3.63, 3.8) is 0 Å². The second-order valence-electron chi connectivity index (χ2n) is 6.02. The Morgan fingerprint density at radius 3 is 2.50 bits per heavy atom. The summed E-state index contributed by atoms with van der Waals surface area (Å²) in [5.41, 5.74) is 3.98. The van der Waals surface area contributed by atoms with Gasteiger partial charge in [0.1, 0.15) is 0 Å². The normalized spacial score (nSPS) is 15.3. The lowest BCUT2D eigenvalue weighted by molar-refractivity contribution is 0.643. The molecule has 1 aliphatic rings. The number of halogens is 2. The number of aromatic nitrogens is 3. The average Bonchev–Trinajstić information content (AvgIpc) is 3.00. The lowest BCUT2D eigenvalue weighted by Crippen LogP contribution is -2.47. The van der Waals surface area contributed by atoms with E-state index >= 15 is 0 Å². The molecule has 24 heavy (non-hydrogen) atoms. The third-order valence-electron chi connectivity index (χ3n) is 4.31. The predicted molar refractivity (Wildman–Crippen MR) is 99.5 cm³/mol. The van der Waals surface area contributed by atoms with Gasteiger partial charge in [0, 0.05) is 38.1 Å². The number of piperazine rings is 1. The molecule has 0 radical (unpaired) electrons. The summed E-state index contributed by atoms with van der Waals surface area (Å²) >= 11 is 12.1. The quantitative estimate of drug-likeness (QED) is 0.751. The number of aryl methyl sites for hydroxylation is 1. The van der Waals surface area contributed by atoms with Gasteiger partial charge in [-0.15, -0.1) is 0 Å². The molecule has 0 aliphatic carbocycles. The van der Waals surface area contributed by atoms with Crippen LogP contribution in [0.4, 0.5) is 11.6 Å². The number of H-pyrrole nitrogens is 1. The van der Waals surface area contributed by atoms with Gasteiger partial charge in [-0.05, 0) is 36.8 Å². The smallest absolute Gasteiger partial charge is 0.205 e. The SMILES string of the molecule is Cc1cnc2nc(N3CCN(c4ccc(Cl)c(Cl)c4)CC3)[nH]c2c1. The zero-order valence-electron chi connectivity index (χ0n) is 13.3. The maximum Gasteiger partial charge on any atom is 0.205 e. The molecule has 1 fully saturated rings. The minimum Gasteiger partial charge on any atom is -0.368 e. The first-order valence-electron chi connectivity index (χ1n) is 7.87. The first-order valence-corrected chi connectivity index (χ1v) is 8.63. The molecule has 0 bridgehead atoms. The molecule has 3 aromatic rings. The predicted octanol–water partition coefficient (Wildman–Crippen LogP) is 3.90. The number of nitrogens with zero attached hydrogens (tertiary/aromatic N) is 4. The standard InChI is InChI=1S/C17H17Cl2N5/c1-11-8-15-16(20-10-11)22-17(21-15)24-6-4-23(5-7-24)12-2-3-13(18)14(19)9-12/h2-3,8-10H,4-7H2,1H3,(H,20,21,22). The number of hydrogen-bond acceptors (Lipinski definition) is 4. The van der Waals surface area contributed by atoms with E-state index in [9.17, 15) is 0 Å². The van der Waals surface area contributed by atoms with Crippen molar-refractivity contribution in [1.29, 1.82) is 0 Å². The molecule has 2 aromatic heterocycles. The largest absolute Gasteiger partial charge is 0.368 e. The van der Waals surface area contributed by atoms with Crippen molar-refractivity contribution in [3.05, 3.63) is 46.1 Å². The molecule has 7 heteroatoms. The van der Waals surface area contributed by atoms with Crippen LogP contribution in [0.1, 0.15) is 5.56 Å². The monoisotopic (exact) mass is 361 g/mol. The number of fused-ring (bicyclic) bond motifs is 1. The summed E-state index contributed by atoms with van der Waals surface area (Å²) < 4.78 is 0. The molecule has 4 rings (SSSR count). The number of pyridine rings is 1. The minimum absolute atomic E-state index is 0.587. The van der Waals surface area contributed by atoms with Gasteiger partial charge in [-0.2, -0.15) is 4.98 Å². The van der Waals surface area contributed by atoms with Gasteiger partial charge in [0.25, 0.3) is 0 Å². The third kappa shape index (κ3) is 2.89. The Labute approximate surface area is 150 Å². The lowest BCUT2D eigenvalue weighted by atomic mass is 10.2. The Morgan fingerprint density at radius 2 is 1.75 bits per heavy atom. The summed E-state index contributed by atoms with van der Waals surface area (Å²) in [6, 6.07) is 7.86. The van der Waals surface area contributed by atoms with Gasteiger partial charge in [0.2, 0.25) is 5.95 Å². The number of aromatic amines is 1. The second kappa shape index (κ2) is 6.15. The van der Waals surface area contributed by atoms with Crippen molar-refractivity contribution in [2.24, 2.45) is 0 Å². The molecule has 1 N–H and O–H groups in total. The van der Waals surface area contributed by atoms with Crippen molar-refractivity contribution in [3.8, 4) is 0 Å². The van der Waals surface area contributed by atoms with Gasteiger partial charge in [-0.25, -0.2) is 4.98 Å². The van der Waals surface area contributed by atoms with E-state index in [1.165, 1.54) is 0 Å². The van der Waals surface area contributed by atoms with Gasteiger partial charge >= 0.3 is 0 Å². The van der Waals surface area contributed by atoms with E-state index in [4.69, 9.17) is 23.2 Å². The highest BCUT2D eigenvalue weighted by molar-refractivity contribution is 6.42. The topological polar surface area (TPSA) is 48.1 Å². The maximum atomic E-state index is 6.12. The fourth-order valence-corrected chi connectivity index (χ4v) is 3.29. The van der Waals surface area contributed by atoms with Crippen molar-refractivity contribution in [2.45, 2.75) is 6.92 Å². The molecular weight excluding hydrogens is 345 g/mol. The maximum absolute atomic E-state index is 6.12. The Morgan fingerprint density at radius 1 is 1.00 bits per heavy atom. The first-order chi connectivity index (χ1) is 11.6. The van der Waals surface area contributed by atoms with Crippen molar-refractivity contribution >= 4 is 46.0 Å². The van der Waals surface area contributed by atoms with E-state index in [0.717, 1.165) is 54.5 Å². The van der Waals surface area contributed by atoms with Crippen LogP contribution in [0, 0.1) is 6.92 Å². The van der Waals surface area contributed by atoms with Crippen LogP contribution in [0.2, 0.25) is 10.0 Å². The van der Waals surface area contributed by atoms with Crippen LogP contribution in [-0.4, -0.2) is 41.1 Å². The molecule has 1 aromatic carbocycles. The van der Waals surface area contributed by atoms with Crippen molar-refractivity contribution in [2.75, 3.05) is 36.0 Å². The molecule has 1 aliphatic heterocycles. The zero-order chi connectivity index (χ0) is 16.7. The van der Waals surface area contributed by atoms with E-state index < -0.39 is 0 Å². The van der Waals surface area contributed by atoms with Crippen LogP contribution in [0.3, 0.4) is 0 Å². The summed E-state index contributed by atoms with van der Waals surface area (Å²) in [4.78, 5) is 16.9. The summed E-state index contributed by atoms with van der Waals surface area (Å²) in [6.07, 6.45) is 1.84. The number of anilines is 2. The van der Waals surface area contributed by atoms with Crippen LogP contribution in [-0.2, 0) is 0 Å². The van der Waals surface area contributed by atoms with E-state index in [1.54, 1.807) is 0 Å². The third-order valence-corrected chi connectivity index (χ3v) is 5.05. The fraction of sp³-hybridized carbons (Fsp3) is 0.294. The first kappa shape index (κ1) is 15.5. The zero-order valence-corrected chi connectivity index (χ0v) is 14.8. The van der Waals surface area contributed by atoms with Gasteiger partial charge in [-0.3, -0.25) is 0 Å². The lowest BCUT2D eigenvalue weighted by Gasteiger charge is -2.36. The average molecular weight is 362 g/mol. The highest BCUT2D eigenvalue weighted by Crippen LogP contribution is 2.28. The number of nitrogens with one attached hydrogen (secondary N) is 1. The van der Waals surface area contributed by atoms with Crippen LogP contribution >= 0.6 is 23.2 Å². The van der Waals surface area contributed by atoms with Gasteiger partial charge in [0.05, 0.1) is 15.6 Å². The molecule has 0 spiro atoms. The summed E-state index contributed by atoms with van der Waals surface area (Å²) in [5, 5.41) is 1.18. The Kier molecular flexibility index (Phi) is 3.98. The van der Waals surface area contributed by atoms with Gasteiger partial charge in [-0.1, -0.05) is 23.2 Å². The van der Waals surface area contributed by atoms with Crippen molar-refractivity contribution in [1.82, 2.24) is 15.0 Å². The Balaban J connectivity index is 1.49. The van der Waals surface area contributed by atoms with Crippen LogP contribution < -0.4 is 9.80 Å². The van der Waals surface area contributed by atoms with E-state index in [-0.39, 0.29) is 0 Å². The van der Waals surface area contributed by atoms with Crippen LogP contribution in [0.15, 0.2) is 30.5 Å². The molecule has 124 valence electrons. The van der Waals surface area contributed by atoms with E-state index in [1.807, 2.05) is 31.3 Å². The molecular formula is C17H17Cl2N5. The molecule has 0 amide bonds. The number of imidazole rings is 1. The fourth-order valence-electron chi connectivity index (χ4n) is 3.00. The molecule has 1 saturated heterocycles. The molecule has 5 nitrogen and oxygen atoms in total. The van der Waals surface area contributed by atoms with Crippen LogP contribution in [0.5, 0.6) is 0 Å². The highest BCUT2D eigenvalue weighted by atomic mass is 35.5. The molecule has 3 heterocycles. The van der Waals surface area contributed by atoms with Crippen molar-refractivity contribution < 1.29 is 0 Å². The molecule has 0 atom stereocenters. The minimum atomic E-state index is 0.587. The molecule has 0 unspecified atom stereocenters. The highest BCUT2D eigenvalue weighted by Gasteiger charge is 2.20. The molecule has 0 saturated carbocycles.